The van der Waals surface area contributed by atoms with E-state index in [4.69, 9.17) is 17.3 Å². The Hall–Kier alpha value is -2.61. The Labute approximate surface area is 117 Å². The van der Waals surface area contributed by atoms with Gasteiger partial charge in [0.15, 0.2) is 0 Å². The largest absolute Gasteiger partial charge is 0.392 e. The number of hydrogen-bond acceptors (Lipinski definition) is 6. The molecule has 8 nitrogen and oxygen atoms in total. The van der Waals surface area contributed by atoms with Crippen molar-refractivity contribution in [3.05, 3.63) is 50.9 Å². The van der Waals surface area contributed by atoms with Gasteiger partial charge in [0.25, 0.3) is 11.6 Å². The van der Waals surface area contributed by atoms with Gasteiger partial charge in [0.05, 0.1) is 16.5 Å². The predicted octanol–water partition coefficient (Wildman–Crippen LogP) is 1.75. The molecule has 0 bridgehead atoms. The normalized spacial score (nSPS) is 10.2. The highest BCUT2D eigenvalue weighted by Crippen LogP contribution is 2.30. The van der Waals surface area contributed by atoms with E-state index in [2.05, 4.69) is 15.0 Å². The number of halogens is 1. The number of anilines is 1. The minimum absolute atomic E-state index is 0.0411. The van der Waals surface area contributed by atoms with Gasteiger partial charge in [0.2, 0.25) is 0 Å². The van der Waals surface area contributed by atoms with E-state index < -0.39 is 16.5 Å². The second-order valence-electron chi connectivity index (χ2n) is 3.82. The molecule has 0 aliphatic heterocycles. The number of nitro benzene ring substituents is 1. The Morgan fingerprint density at radius 3 is 2.90 bits per heavy atom. The molecular formula is C11H9ClN4O4. The van der Waals surface area contributed by atoms with Crippen LogP contribution in [0.4, 0.5) is 11.4 Å². The third-order valence-corrected chi connectivity index (χ3v) is 2.80. The molecule has 9 heteroatoms. The second-order valence-corrected chi connectivity index (χ2v) is 4.23. The lowest BCUT2D eigenvalue weighted by Crippen LogP contribution is -2.23. The number of aromatic nitrogens is 1. The SMILES string of the molecule is Nc1c(Cl)cc(C(=O)NCc2ccon2)cc1[N+](=O)[O-]. The van der Waals surface area contributed by atoms with Gasteiger partial charge >= 0.3 is 0 Å². The third kappa shape index (κ3) is 2.86. The highest BCUT2D eigenvalue weighted by molar-refractivity contribution is 6.34. The monoisotopic (exact) mass is 296 g/mol. The van der Waals surface area contributed by atoms with E-state index >= 15 is 0 Å². The first kappa shape index (κ1) is 13.8. The van der Waals surface area contributed by atoms with Crippen LogP contribution >= 0.6 is 11.6 Å². The molecule has 0 saturated carbocycles. The average molecular weight is 297 g/mol. The van der Waals surface area contributed by atoms with Crippen molar-refractivity contribution >= 4 is 28.9 Å². The maximum Gasteiger partial charge on any atom is 0.294 e. The number of hydrogen-bond donors (Lipinski definition) is 2. The molecule has 0 spiro atoms. The molecule has 0 unspecified atom stereocenters. The van der Waals surface area contributed by atoms with E-state index in [9.17, 15) is 14.9 Å². The number of benzene rings is 1. The molecule has 0 saturated heterocycles. The molecule has 20 heavy (non-hydrogen) atoms. The molecule has 1 aromatic heterocycles. The van der Waals surface area contributed by atoms with Crippen LogP contribution in [0.1, 0.15) is 16.1 Å². The van der Waals surface area contributed by atoms with E-state index in [0.717, 1.165) is 6.07 Å². The molecule has 1 amide bonds. The molecule has 0 radical (unpaired) electrons. The minimum atomic E-state index is -0.699. The second kappa shape index (κ2) is 5.57. The van der Waals surface area contributed by atoms with Gasteiger partial charge in [-0.3, -0.25) is 14.9 Å². The summed E-state index contributed by atoms with van der Waals surface area (Å²) in [6, 6.07) is 3.92. The highest BCUT2D eigenvalue weighted by atomic mass is 35.5. The molecule has 104 valence electrons. The predicted molar refractivity (Wildman–Crippen MR) is 70.2 cm³/mol. The summed E-state index contributed by atoms with van der Waals surface area (Å²) in [5.41, 5.74) is 5.45. The summed E-state index contributed by atoms with van der Waals surface area (Å²) in [7, 11) is 0. The summed E-state index contributed by atoms with van der Waals surface area (Å²) in [4.78, 5) is 22.0. The standard InChI is InChI=1S/C11H9ClN4O4/c12-8-3-6(4-9(10(8)13)16(18)19)11(17)14-5-7-1-2-20-15-7/h1-4H,5,13H2,(H,14,17). The number of nitrogens with one attached hydrogen (secondary N) is 1. The van der Waals surface area contributed by atoms with E-state index in [1.165, 1.54) is 12.3 Å². The van der Waals surface area contributed by atoms with Gasteiger partial charge in [-0.25, -0.2) is 0 Å². The first-order valence-corrected chi connectivity index (χ1v) is 5.77. The van der Waals surface area contributed by atoms with Gasteiger partial charge in [-0.05, 0) is 6.07 Å². The van der Waals surface area contributed by atoms with Crippen LogP contribution in [0.3, 0.4) is 0 Å². The van der Waals surface area contributed by atoms with Crippen molar-refractivity contribution in [3.63, 3.8) is 0 Å². The topological polar surface area (TPSA) is 124 Å². The number of nitro groups is 1. The Kier molecular flexibility index (Phi) is 3.85. The Morgan fingerprint density at radius 2 is 2.30 bits per heavy atom. The molecule has 0 aliphatic rings. The Bertz CT molecular complexity index is 657. The van der Waals surface area contributed by atoms with Gasteiger partial charge < -0.3 is 15.6 Å². The quantitative estimate of drug-likeness (QED) is 0.503. The molecule has 3 N–H and O–H groups in total. The zero-order valence-corrected chi connectivity index (χ0v) is 10.8. The third-order valence-electron chi connectivity index (χ3n) is 2.49. The summed E-state index contributed by atoms with van der Waals surface area (Å²) in [6.45, 7) is 0.130. The molecule has 2 aromatic rings. The number of nitrogen functional groups attached to an aromatic ring is 1. The zero-order valence-electron chi connectivity index (χ0n) is 10.00. The number of rotatable bonds is 4. The van der Waals surface area contributed by atoms with Crippen LogP contribution in [0, 0.1) is 10.1 Å². The molecule has 2 rings (SSSR count). The van der Waals surface area contributed by atoms with Crippen LogP contribution < -0.4 is 11.1 Å². The van der Waals surface area contributed by atoms with Crippen molar-refractivity contribution in [2.45, 2.75) is 6.54 Å². The number of amides is 1. The Morgan fingerprint density at radius 1 is 1.55 bits per heavy atom. The van der Waals surface area contributed by atoms with E-state index in [-0.39, 0.29) is 22.8 Å². The fourth-order valence-corrected chi connectivity index (χ4v) is 1.70. The van der Waals surface area contributed by atoms with Crippen molar-refractivity contribution in [2.24, 2.45) is 0 Å². The number of nitrogens with two attached hydrogens (primary N) is 1. The van der Waals surface area contributed by atoms with Crippen LogP contribution in [-0.4, -0.2) is 16.0 Å². The van der Waals surface area contributed by atoms with Crippen LogP contribution in [0.5, 0.6) is 0 Å². The van der Waals surface area contributed by atoms with Crippen molar-refractivity contribution in [1.29, 1.82) is 0 Å². The first-order valence-electron chi connectivity index (χ1n) is 5.40. The molecule has 1 heterocycles. The van der Waals surface area contributed by atoms with Gasteiger partial charge in [0.1, 0.15) is 17.6 Å². The molecular weight excluding hydrogens is 288 g/mol. The van der Waals surface area contributed by atoms with Crippen LogP contribution in [0.15, 0.2) is 29.0 Å². The van der Waals surface area contributed by atoms with Crippen molar-refractivity contribution in [3.8, 4) is 0 Å². The van der Waals surface area contributed by atoms with Gasteiger partial charge in [-0.1, -0.05) is 16.8 Å². The first-order chi connectivity index (χ1) is 9.49. The van der Waals surface area contributed by atoms with Crippen molar-refractivity contribution in [1.82, 2.24) is 10.5 Å². The van der Waals surface area contributed by atoms with Crippen LogP contribution in [0.25, 0.3) is 0 Å². The van der Waals surface area contributed by atoms with Crippen LogP contribution in [-0.2, 0) is 6.54 Å². The van der Waals surface area contributed by atoms with E-state index in [1.807, 2.05) is 0 Å². The van der Waals surface area contributed by atoms with Crippen molar-refractivity contribution in [2.75, 3.05) is 5.73 Å². The molecule has 0 fully saturated rings. The van der Waals surface area contributed by atoms with Gasteiger partial charge in [0, 0.05) is 17.7 Å². The fraction of sp³-hybridized carbons (Fsp3) is 0.0909. The number of carbonyl (C=O) groups is 1. The van der Waals surface area contributed by atoms with Crippen molar-refractivity contribution < 1.29 is 14.2 Å². The molecule has 0 atom stereocenters. The van der Waals surface area contributed by atoms with E-state index in [0.29, 0.717) is 5.69 Å². The lowest BCUT2D eigenvalue weighted by atomic mass is 10.1. The maximum absolute atomic E-state index is 11.9. The molecule has 1 aromatic carbocycles. The number of carbonyl (C=O) groups excluding carboxylic acids is 1. The van der Waals surface area contributed by atoms with Gasteiger partial charge in [-0.15, -0.1) is 0 Å². The fourth-order valence-electron chi connectivity index (χ4n) is 1.49. The highest BCUT2D eigenvalue weighted by Gasteiger charge is 2.19. The Balaban J connectivity index is 2.19. The maximum atomic E-state index is 11.9. The van der Waals surface area contributed by atoms with Crippen LogP contribution in [0.2, 0.25) is 5.02 Å². The lowest BCUT2D eigenvalue weighted by molar-refractivity contribution is -0.383. The summed E-state index contributed by atoms with van der Waals surface area (Å²) < 4.78 is 4.61. The number of nitrogens with zero attached hydrogens (tertiary/aromatic N) is 2. The summed E-state index contributed by atoms with van der Waals surface area (Å²) in [6.07, 6.45) is 1.37. The summed E-state index contributed by atoms with van der Waals surface area (Å²) in [5, 5.41) is 16.9. The van der Waals surface area contributed by atoms with Gasteiger partial charge in [-0.2, -0.15) is 0 Å². The van der Waals surface area contributed by atoms with E-state index in [1.54, 1.807) is 6.07 Å². The summed E-state index contributed by atoms with van der Waals surface area (Å²) >= 11 is 5.77. The summed E-state index contributed by atoms with van der Waals surface area (Å²) in [5.74, 6) is -0.530. The molecule has 0 aliphatic carbocycles. The smallest absolute Gasteiger partial charge is 0.294 e. The minimum Gasteiger partial charge on any atom is -0.392 e. The lowest BCUT2D eigenvalue weighted by Gasteiger charge is -2.06. The average Bonchev–Trinajstić information content (AvgIpc) is 2.91. The zero-order chi connectivity index (χ0) is 14.7.